The number of oxazole rings is 1. The van der Waals surface area contributed by atoms with E-state index in [1.807, 2.05) is 32.6 Å². The third-order valence-corrected chi connectivity index (χ3v) is 5.03. The average Bonchev–Trinajstić information content (AvgIpc) is 3.14. The normalized spacial score (nSPS) is 18.1. The van der Waals surface area contributed by atoms with Crippen molar-refractivity contribution in [1.29, 1.82) is 0 Å². The maximum Gasteiger partial charge on any atom is 0.410 e. The zero-order valence-electron chi connectivity index (χ0n) is 20.4. The summed E-state index contributed by atoms with van der Waals surface area (Å²) < 4.78 is 11.3. The number of nitrogens with zero attached hydrogens (tertiary/aromatic N) is 3. The molecular weight excluding hydrogens is 394 g/mol. The molecule has 8 nitrogen and oxygen atoms in total. The van der Waals surface area contributed by atoms with Crippen molar-refractivity contribution in [3.05, 3.63) is 17.8 Å². The number of carbonyl (C=O) groups excluding carboxylic acids is 1. The Hall–Kier alpha value is -2.25. The van der Waals surface area contributed by atoms with Crippen LogP contribution in [0.4, 0.5) is 4.79 Å². The van der Waals surface area contributed by atoms with Crippen LogP contribution >= 0.6 is 0 Å². The number of carbonyl (C=O) groups is 1. The van der Waals surface area contributed by atoms with Gasteiger partial charge in [-0.3, -0.25) is 0 Å². The molecule has 31 heavy (non-hydrogen) atoms. The van der Waals surface area contributed by atoms with Crippen molar-refractivity contribution in [2.24, 2.45) is 10.9 Å². The molecule has 0 saturated carbocycles. The van der Waals surface area contributed by atoms with E-state index in [9.17, 15) is 4.79 Å². The predicted molar refractivity (Wildman–Crippen MR) is 123 cm³/mol. The van der Waals surface area contributed by atoms with Gasteiger partial charge in [0.05, 0.1) is 6.20 Å². The number of piperidine rings is 1. The molecule has 1 atom stereocenters. The Balaban J connectivity index is 1.83. The van der Waals surface area contributed by atoms with Crippen molar-refractivity contribution in [2.75, 3.05) is 26.2 Å². The first-order valence-corrected chi connectivity index (χ1v) is 11.4. The third kappa shape index (κ3) is 8.79. The topological polar surface area (TPSA) is 92.0 Å². The summed E-state index contributed by atoms with van der Waals surface area (Å²) in [5.74, 6) is 2.68. The fraction of sp³-hybridized carbons (Fsp3) is 0.783. The van der Waals surface area contributed by atoms with Crippen LogP contribution < -0.4 is 10.6 Å². The number of ether oxygens (including phenoxy) is 1. The van der Waals surface area contributed by atoms with Crippen LogP contribution in [0.25, 0.3) is 0 Å². The molecule has 1 aliphatic heterocycles. The summed E-state index contributed by atoms with van der Waals surface area (Å²) in [5.41, 5.74) is -0.524. The van der Waals surface area contributed by atoms with E-state index >= 15 is 0 Å². The quantitative estimate of drug-likeness (QED) is 0.517. The van der Waals surface area contributed by atoms with Crippen molar-refractivity contribution < 1.29 is 13.9 Å². The van der Waals surface area contributed by atoms with Crippen LogP contribution in [0.15, 0.2) is 15.6 Å². The number of aromatic nitrogens is 1. The van der Waals surface area contributed by atoms with Crippen molar-refractivity contribution in [3.8, 4) is 0 Å². The van der Waals surface area contributed by atoms with E-state index in [0.29, 0.717) is 18.4 Å². The number of aliphatic imine (C=N–C) groups is 1. The van der Waals surface area contributed by atoms with Gasteiger partial charge in [0, 0.05) is 31.6 Å². The van der Waals surface area contributed by atoms with Crippen molar-refractivity contribution in [2.45, 2.75) is 85.3 Å². The molecule has 1 aromatic rings. The Morgan fingerprint density at radius 3 is 2.65 bits per heavy atom. The standard InChI is InChI=1S/C23H41N5O3/c1-8-24-20(27-15-19-26-14-18(30-19)22(2,3)4)25-12-11-17-10-9-13-28(16-17)21(29)31-23(5,6)7/h14,17H,8-13,15-16H2,1-7H3,(H2,24,25,27). The summed E-state index contributed by atoms with van der Waals surface area (Å²) >= 11 is 0. The highest BCUT2D eigenvalue weighted by atomic mass is 16.6. The van der Waals surface area contributed by atoms with Gasteiger partial charge in [0.15, 0.2) is 5.96 Å². The number of amides is 1. The molecule has 1 amide bonds. The zero-order valence-corrected chi connectivity index (χ0v) is 20.4. The molecular formula is C23H41N5O3. The maximum absolute atomic E-state index is 12.4. The lowest BCUT2D eigenvalue weighted by atomic mass is 9.94. The van der Waals surface area contributed by atoms with Crippen molar-refractivity contribution in [3.63, 3.8) is 0 Å². The monoisotopic (exact) mass is 435 g/mol. The highest BCUT2D eigenvalue weighted by Crippen LogP contribution is 2.23. The Kier molecular flexibility index (Phi) is 8.77. The molecule has 0 aromatic carbocycles. The van der Waals surface area contributed by atoms with Crippen LogP contribution in [-0.2, 0) is 16.7 Å². The number of hydrogen-bond donors (Lipinski definition) is 2. The highest BCUT2D eigenvalue weighted by molar-refractivity contribution is 5.79. The van der Waals surface area contributed by atoms with Gasteiger partial charge in [-0.2, -0.15) is 0 Å². The maximum atomic E-state index is 12.4. The molecule has 0 spiro atoms. The second-order valence-corrected chi connectivity index (χ2v) is 10.2. The van der Waals surface area contributed by atoms with E-state index in [0.717, 1.165) is 57.2 Å². The summed E-state index contributed by atoms with van der Waals surface area (Å²) in [6.45, 7) is 17.5. The second-order valence-electron chi connectivity index (χ2n) is 10.2. The largest absolute Gasteiger partial charge is 0.444 e. The lowest BCUT2D eigenvalue weighted by Crippen LogP contribution is -2.44. The van der Waals surface area contributed by atoms with E-state index < -0.39 is 5.60 Å². The first kappa shape index (κ1) is 25.0. The van der Waals surface area contributed by atoms with Gasteiger partial charge in [0.2, 0.25) is 5.89 Å². The number of likely N-dealkylation sites (tertiary alicyclic amines) is 1. The minimum absolute atomic E-state index is 0.0646. The number of rotatable bonds is 6. The van der Waals surface area contributed by atoms with Gasteiger partial charge in [-0.1, -0.05) is 20.8 Å². The average molecular weight is 436 g/mol. The van der Waals surface area contributed by atoms with Gasteiger partial charge in [-0.05, 0) is 52.9 Å². The predicted octanol–water partition coefficient (Wildman–Crippen LogP) is 4.06. The van der Waals surface area contributed by atoms with Crippen molar-refractivity contribution in [1.82, 2.24) is 20.5 Å². The van der Waals surface area contributed by atoms with Gasteiger partial charge in [-0.15, -0.1) is 0 Å². The van der Waals surface area contributed by atoms with Gasteiger partial charge in [0.1, 0.15) is 17.9 Å². The first-order chi connectivity index (χ1) is 14.5. The second kappa shape index (κ2) is 10.9. The van der Waals surface area contributed by atoms with E-state index in [1.54, 1.807) is 6.20 Å². The summed E-state index contributed by atoms with van der Waals surface area (Å²) in [4.78, 5) is 23.1. The van der Waals surface area contributed by atoms with E-state index in [2.05, 4.69) is 41.4 Å². The van der Waals surface area contributed by atoms with Crippen LogP contribution in [0, 0.1) is 5.92 Å². The molecule has 1 saturated heterocycles. The number of guanidine groups is 1. The van der Waals surface area contributed by atoms with Crippen molar-refractivity contribution >= 4 is 12.1 Å². The Labute approximate surface area is 187 Å². The van der Waals surface area contributed by atoms with E-state index in [1.165, 1.54) is 0 Å². The Bertz CT molecular complexity index is 730. The molecule has 1 aliphatic rings. The van der Waals surface area contributed by atoms with E-state index in [4.69, 9.17) is 9.15 Å². The Morgan fingerprint density at radius 1 is 1.29 bits per heavy atom. The number of nitrogens with one attached hydrogen (secondary N) is 2. The summed E-state index contributed by atoms with van der Waals surface area (Å²) in [6, 6.07) is 0. The van der Waals surface area contributed by atoms with Crippen LogP contribution in [0.3, 0.4) is 0 Å². The highest BCUT2D eigenvalue weighted by Gasteiger charge is 2.27. The zero-order chi connectivity index (χ0) is 23.1. The van der Waals surface area contributed by atoms with Gasteiger partial charge in [-0.25, -0.2) is 14.8 Å². The molecule has 0 aliphatic carbocycles. The summed E-state index contributed by atoms with van der Waals surface area (Å²) in [7, 11) is 0. The van der Waals surface area contributed by atoms with Gasteiger partial charge >= 0.3 is 6.09 Å². The lowest BCUT2D eigenvalue weighted by molar-refractivity contribution is 0.0162. The van der Waals surface area contributed by atoms with Crippen LogP contribution in [-0.4, -0.2) is 53.7 Å². The Morgan fingerprint density at radius 2 is 2.03 bits per heavy atom. The molecule has 8 heteroatoms. The molecule has 2 rings (SSSR count). The molecule has 0 radical (unpaired) electrons. The third-order valence-electron chi connectivity index (χ3n) is 5.03. The minimum Gasteiger partial charge on any atom is -0.444 e. The molecule has 2 N–H and O–H groups in total. The molecule has 2 heterocycles. The molecule has 176 valence electrons. The minimum atomic E-state index is -0.459. The fourth-order valence-electron chi connectivity index (χ4n) is 3.41. The smallest absolute Gasteiger partial charge is 0.410 e. The van der Waals surface area contributed by atoms with Crippen LogP contribution in [0.5, 0.6) is 0 Å². The van der Waals surface area contributed by atoms with Crippen LogP contribution in [0.1, 0.15) is 79.4 Å². The molecule has 1 aromatic heterocycles. The summed E-state index contributed by atoms with van der Waals surface area (Å²) in [5, 5.41) is 6.66. The van der Waals surface area contributed by atoms with Crippen LogP contribution in [0.2, 0.25) is 0 Å². The van der Waals surface area contributed by atoms with Gasteiger partial charge < -0.3 is 24.7 Å². The van der Waals surface area contributed by atoms with Gasteiger partial charge in [0.25, 0.3) is 0 Å². The fourth-order valence-corrected chi connectivity index (χ4v) is 3.41. The number of hydrogen-bond acceptors (Lipinski definition) is 5. The SMILES string of the molecule is CCNC(=NCc1ncc(C(C)(C)C)o1)NCCC1CCCN(C(=O)OC(C)(C)C)C1. The molecule has 1 fully saturated rings. The molecule has 1 unspecified atom stereocenters. The summed E-state index contributed by atoms with van der Waals surface area (Å²) in [6.07, 6.45) is 4.68. The lowest BCUT2D eigenvalue weighted by Gasteiger charge is -2.34. The van der Waals surface area contributed by atoms with E-state index in [-0.39, 0.29) is 11.5 Å². The first-order valence-electron chi connectivity index (χ1n) is 11.4. The molecule has 0 bridgehead atoms.